The minimum atomic E-state index is -0.376. The molecule has 3 nitrogen and oxygen atoms in total. The van der Waals surface area contributed by atoms with E-state index >= 15 is 0 Å². The molecule has 12 heavy (non-hydrogen) atoms. The van der Waals surface area contributed by atoms with E-state index < -0.39 is 0 Å². The van der Waals surface area contributed by atoms with Gasteiger partial charge in [-0.15, -0.1) is 6.58 Å². The molecule has 0 saturated heterocycles. The van der Waals surface area contributed by atoms with E-state index in [0.717, 1.165) is 25.9 Å². The first-order valence-corrected chi connectivity index (χ1v) is 3.89. The van der Waals surface area contributed by atoms with E-state index in [0.29, 0.717) is 0 Å². The molecule has 1 N–H and O–H groups in total. The van der Waals surface area contributed by atoms with Crippen LogP contribution in [-0.4, -0.2) is 65.2 Å². The molecule has 0 saturated carbocycles. The van der Waals surface area contributed by atoms with Crippen molar-refractivity contribution in [3.8, 4) is 0 Å². The van der Waals surface area contributed by atoms with Gasteiger partial charge in [-0.2, -0.15) is 0 Å². The van der Waals surface area contributed by atoms with Crippen molar-refractivity contribution in [2.24, 2.45) is 4.99 Å². The van der Waals surface area contributed by atoms with Gasteiger partial charge in [0.1, 0.15) is 6.23 Å². The van der Waals surface area contributed by atoms with Crippen LogP contribution in [0, 0.1) is 0 Å². The van der Waals surface area contributed by atoms with Crippen LogP contribution in [0.5, 0.6) is 0 Å². The summed E-state index contributed by atoms with van der Waals surface area (Å²) >= 11 is 0. The van der Waals surface area contributed by atoms with Crippen molar-refractivity contribution in [3.63, 3.8) is 0 Å². The number of allylic oxidation sites excluding steroid dienone is 1. The van der Waals surface area contributed by atoms with Gasteiger partial charge in [-0.3, -0.25) is 4.99 Å². The van der Waals surface area contributed by atoms with Crippen LogP contribution in [0.2, 0.25) is 0 Å². The number of aliphatic hydroxyl groups excluding tert-OH is 1. The summed E-state index contributed by atoms with van der Waals surface area (Å²) in [5.41, 5.74) is 0. The van der Waals surface area contributed by atoms with E-state index in [1.807, 2.05) is 11.0 Å². The summed E-state index contributed by atoms with van der Waals surface area (Å²) in [6.07, 6.45) is 4.75. The molecule has 64 valence electrons. The molecule has 1 heterocycles. The first-order valence-electron chi connectivity index (χ1n) is 3.89. The molecule has 1 aliphatic heterocycles. The number of hydrogen-bond donors (Lipinski definition) is 1. The summed E-state index contributed by atoms with van der Waals surface area (Å²) in [4.78, 5) is 5.86. The predicted octanol–water partition coefficient (Wildman–Crippen LogP) is -0.0336. The normalized spacial score (nSPS) is 17.2. The molecule has 0 fully saturated rings. The van der Waals surface area contributed by atoms with Gasteiger partial charge >= 0.3 is 29.6 Å². The van der Waals surface area contributed by atoms with Crippen molar-refractivity contribution in [1.82, 2.24) is 4.90 Å². The van der Waals surface area contributed by atoms with Gasteiger partial charge in [-0.25, -0.2) is 0 Å². The summed E-state index contributed by atoms with van der Waals surface area (Å²) in [5.74, 6) is 0. The molecule has 0 aliphatic carbocycles. The van der Waals surface area contributed by atoms with Gasteiger partial charge in [0, 0.05) is 6.54 Å². The third kappa shape index (κ3) is 3.72. The van der Waals surface area contributed by atoms with Gasteiger partial charge in [0.05, 0.1) is 12.9 Å². The minimum absolute atomic E-state index is 0. The number of aliphatic hydroxyl groups is 1. The Bertz CT molecular complexity index is 161. The van der Waals surface area contributed by atoms with Gasteiger partial charge in [0.25, 0.3) is 0 Å². The molecule has 1 aliphatic rings. The maximum atomic E-state index is 9.47. The van der Waals surface area contributed by atoms with Crippen molar-refractivity contribution < 1.29 is 5.11 Å². The second kappa shape index (κ2) is 6.66. The summed E-state index contributed by atoms with van der Waals surface area (Å²) < 4.78 is 0. The van der Waals surface area contributed by atoms with Crippen LogP contribution < -0.4 is 0 Å². The average Bonchev–Trinajstić information content (AvgIpc) is 2.52. The van der Waals surface area contributed by atoms with Gasteiger partial charge in [0.15, 0.2) is 0 Å². The zero-order valence-electron chi connectivity index (χ0n) is 6.61. The van der Waals surface area contributed by atoms with Crippen molar-refractivity contribution >= 4 is 35.9 Å². The zero-order chi connectivity index (χ0) is 8.10. The third-order valence-corrected chi connectivity index (χ3v) is 1.73. The fraction of sp³-hybridized carbons (Fsp3) is 0.625. The molecule has 0 aromatic heterocycles. The summed E-state index contributed by atoms with van der Waals surface area (Å²) in [5, 5.41) is 9.47. The molecule has 0 bridgehead atoms. The maximum absolute atomic E-state index is 9.47. The summed E-state index contributed by atoms with van der Waals surface area (Å²) in [6.45, 7) is 5.25. The Morgan fingerprint density at radius 2 is 2.50 bits per heavy atom. The van der Waals surface area contributed by atoms with Crippen LogP contribution in [0.15, 0.2) is 17.6 Å². The number of nitrogens with zero attached hydrogens (tertiary/aromatic N) is 2. The Balaban J connectivity index is 0.00000121. The van der Waals surface area contributed by atoms with Crippen LogP contribution in [0.3, 0.4) is 0 Å². The molecule has 4 heteroatoms. The Morgan fingerprint density at radius 1 is 1.75 bits per heavy atom. The number of hydrogen-bond acceptors (Lipinski definition) is 3. The van der Waals surface area contributed by atoms with E-state index in [1.165, 1.54) is 0 Å². The van der Waals surface area contributed by atoms with Crippen molar-refractivity contribution in [3.05, 3.63) is 12.7 Å². The molecule has 0 aromatic carbocycles. The second-order valence-corrected chi connectivity index (χ2v) is 2.61. The Hall–Kier alpha value is 0.170. The van der Waals surface area contributed by atoms with Gasteiger partial charge in [0.2, 0.25) is 0 Å². The van der Waals surface area contributed by atoms with Crippen LogP contribution in [-0.2, 0) is 0 Å². The SMILES string of the molecule is C=CCCC(O)N1C=NCC1.[NaH]. The fourth-order valence-corrected chi connectivity index (χ4v) is 1.05. The Kier molecular flexibility index (Phi) is 6.76. The Morgan fingerprint density at radius 3 is 3.00 bits per heavy atom. The summed E-state index contributed by atoms with van der Waals surface area (Å²) in [7, 11) is 0. The second-order valence-electron chi connectivity index (χ2n) is 2.61. The summed E-state index contributed by atoms with van der Waals surface area (Å²) in [6, 6.07) is 0. The molecular formula is C8H15N2NaO. The van der Waals surface area contributed by atoms with Gasteiger partial charge in [-0.05, 0) is 12.8 Å². The molecule has 0 spiro atoms. The van der Waals surface area contributed by atoms with E-state index in [2.05, 4.69) is 11.6 Å². The van der Waals surface area contributed by atoms with Gasteiger partial charge < -0.3 is 10.0 Å². The third-order valence-electron chi connectivity index (χ3n) is 1.73. The number of aliphatic imine (C=N–C) groups is 1. The quantitative estimate of drug-likeness (QED) is 0.484. The molecule has 1 unspecified atom stereocenters. The standard InChI is InChI=1S/C8H14N2O.Na.H/c1-2-3-4-8(11)10-6-5-9-7-10;;/h2,7-8,11H,1,3-6H2;;. The van der Waals surface area contributed by atoms with E-state index in [4.69, 9.17) is 0 Å². The molecule has 0 aromatic rings. The van der Waals surface area contributed by atoms with Gasteiger partial charge in [-0.1, -0.05) is 6.08 Å². The van der Waals surface area contributed by atoms with E-state index in [1.54, 1.807) is 6.34 Å². The Labute approximate surface area is 95.5 Å². The predicted molar refractivity (Wildman–Crippen MR) is 52.7 cm³/mol. The average molecular weight is 178 g/mol. The van der Waals surface area contributed by atoms with E-state index in [-0.39, 0.29) is 35.8 Å². The number of rotatable bonds is 4. The molecular weight excluding hydrogens is 163 g/mol. The van der Waals surface area contributed by atoms with Crippen LogP contribution in [0.25, 0.3) is 0 Å². The first kappa shape index (κ1) is 12.2. The van der Waals surface area contributed by atoms with Crippen LogP contribution >= 0.6 is 0 Å². The monoisotopic (exact) mass is 178 g/mol. The molecule has 1 atom stereocenters. The fourth-order valence-electron chi connectivity index (χ4n) is 1.05. The first-order chi connectivity index (χ1) is 5.34. The molecule has 0 amide bonds. The van der Waals surface area contributed by atoms with Crippen molar-refractivity contribution in [1.29, 1.82) is 0 Å². The van der Waals surface area contributed by atoms with E-state index in [9.17, 15) is 5.11 Å². The van der Waals surface area contributed by atoms with Crippen molar-refractivity contribution in [2.45, 2.75) is 19.1 Å². The topological polar surface area (TPSA) is 35.8 Å². The molecule has 0 radical (unpaired) electrons. The molecule has 1 rings (SSSR count). The van der Waals surface area contributed by atoms with Crippen molar-refractivity contribution in [2.75, 3.05) is 13.1 Å². The zero-order valence-corrected chi connectivity index (χ0v) is 6.61. The van der Waals surface area contributed by atoms with Crippen LogP contribution in [0.4, 0.5) is 0 Å². The van der Waals surface area contributed by atoms with Crippen LogP contribution in [0.1, 0.15) is 12.8 Å².